The van der Waals surface area contributed by atoms with Crippen molar-refractivity contribution in [3.05, 3.63) is 0 Å². The molecule has 1 saturated carbocycles. The molecule has 1 aliphatic carbocycles. The monoisotopic (exact) mass is 232 g/mol. The molecule has 1 saturated heterocycles. The first-order valence-corrected chi connectivity index (χ1v) is 6.03. The first kappa shape index (κ1) is 10.6. The van der Waals surface area contributed by atoms with Gasteiger partial charge in [0.1, 0.15) is 0 Å². The van der Waals surface area contributed by atoms with E-state index in [4.69, 9.17) is 0 Å². The Morgan fingerprint density at radius 1 is 1.20 bits per heavy atom. The fourth-order valence-corrected chi connectivity index (χ4v) is 4.50. The molecule has 0 amide bonds. The lowest BCUT2D eigenvalue weighted by Crippen LogP contribution is -2.24. The van der Waals surface area contributed by atoms with Crippen LogP contribution in [0.15, 0.2) is 0 Å². The van der Waals surface area contributed by atoms with Gasteiger partial charge in [-0.25, -0.2) is 0 Å². The number of carbonyl (C=O) groups is 2. The molecule has 2 rings (SSSR count). The zero-order chi connectivity index (χ0) is 11.2. The van der Waals surface area contributed by atoms with Crippen LogP contribution in [0.1, 0.15) is 0 Å². The van der Waals surface area contributed by atoms with Crippen molar-refractivity contribution in [1.82, 2.24) is 0 Å². The van der Waals surface area contributed by atoms with Gasteiger partial charge in [0.05, 0.1) is 31.3 Å². The number of methoxy groups -OCH3 is 2. The third kappa shape index (κ3) is 1.47. The lowest BCUT2D eigenvalue weighted by Gasteiger charge is -2.09. The van der Waals surface area contributed by atoms with Crippen LogP contribution in [-0.4, -0.2) is 41.4 Å². The summed E-state index contributed by atoms with van der Waals surface area (Å²) in [6.07, 6.45) is 0. The highest BCUT2D eigenvalue weighted by Crippen LogP contribution is 2.54. The van der Waals surface area contributed by atoms with Crippen LogP contribution in [0.2, 0.25) is 0 Å². The fraction of sp³-hybridized carbons (Fsp3) is 0.778. The maximum absolute atomic E-state index is 11.6. The molecule has 5 unspecified atom stereocenters. The molecule has 1 aliphatic heterocycles. The molecule has 0 aromatic carbocycles. The zero-order valence-corrected chi connectivity index (χ0v) is 9.28. The van der Waals surface area contributed by atoms with Crippen LogP contribution in [0.3, 0.4) is 0 Å². The number of esters is 2. The fourth-order valence-electron chi connectivity index (χ4n) is 2.33. The van der Waals surface area contributed by atoms with E-state index in [0.717, 1.165) is 0 Å². The van der Waals surface area contributed by atoms with Crippen LogP contribution in [-0.2, 0) is 29.9 Å². The summed E-state index contributed by atoms with van der Waals surface area (Å²) < 4.78 is 20.8. The van der Waals surface area contributed by atoms with Crippen LogP contribution in [0.25, 0.3) is 0 Å². The van der Waals surface area contributed by atoms with Crippen molar-refractivity contribution in [2.24, 2.45) is 17.8 Å². The van der Waals surface area contributed by atoms with Gasteiger partial charge >= 0.3 is 11.9 Å². The normalized spacial score (nSPS) is 41.9. The number of rotatable bonds is 2. The topological polar surface area (TPSA) is 69.7 Å². The van der Waals surface area contributed by atoms with Gasteiger partial charge in [0.2, 0.25) is 0 Å². The summed E-state index contributed by atoms with van der Waals surface area (Å²) in [6.45, 7) is 0. The van der Waals surface area contributed by atoms with Gasteiger partial charge in [0, 0.05) is 22.5 Å². The molecular formula is C9H12O5S. The van der Waals surface area contributed by atoms with E-state index < -0.39 is 16.7 Å². The molecule has 0 aromatic rings. The molecule has 2 aliphatic rings. The van der Waals surface area contributed by atoms with Gasteiger partial charge < -0.3 is 9.47 Å². The number of hydrogen-bond donors (Lipinski definition) is 0. The van der Waals surface area contributed by atoms with Gasteiger partial charge in [-0.3, -0.25) is 13.8 Å². The van der Waals surface area contributed by atoms with E-state index in [0.29, 0.717) is 5.75 Å². The second-order valence-electron chi connectivity index (χ2n) is 3.77. The van der Waals surface area contributed by atoms with Crippen molar-refractivity contribution in [2.45, 2.75) is 5.25 Å². The van der Waals surface area contributed by atoms with E-state index in [1.807, 2.05) is 0 Å². The Kier molecular flexibility index (Phi) is 2.54. The van der Waals surface area contributed by atoms with E-state index in [2.05, 4.69) is 9.47 Å². The van der Waals surface area contributed by atoms with Gasteiger partial charge in [0.25, 0.3) is 0 Å². The first-order valence-electron chi connectivity index (χ1n) is 4.64. The van der Waals surface area contributed by atoms with Gasteiger partial charge in [0.15, 0.2) is 0 Å². The highest BCUT2D eigenvalue weighted by Gasteiger charge is 2.68. The molecule has 6 heteroatoms. The summed E-state index contributed by atoms with van der Waals surface area (Å²) in [5, 5.41) is -0.193. The molecule has 84 valence electrons. The molecule has 0 N–H and O–H groups in total. The molecule has 0 bridgehead atoms. The van der Waals surface area contributed by atoms with E-state index in [-0.39, 0.29) is 29.0 Å². The van der Waals surface area contributed by atoms with E-state index in [1.54, 1.807) is 0 Å². The number of ether oxygens (including phenoxy) is 2. The molecule has 2 fully saturated rings. The minimum Gasteiger partial charge on any atom is -0.469 e. The SMILES string of the molecule is COC(=O)C1CS(=O)C2C(C(=O)OC)C12. The molecule has 5 atom stereocenters. The summed E-state index contributed by atoms with van der Waals surface area (Å²) >= 11 is 0. The van der Waals surface area contributed by atoms with Crippen LogP contribution in [0, 0.1) is 17.8 Å². The lowest BCUT2D eigenvalue weighted by atomic mass is 10.1. The van der Waals surface area contributed by atoms with Gasteiger partial charge in [-0.1, -0.05) is 0 Å². The van der Waals surface area contributed by atoms with Gasteiger partial charge in [-0.2, -0.15) is 0 Å². The number of carbonyl (C=O) groups excluding carboxylic acids is 2. The van der Waals surface area contributed by atoms with Crippen molar-refractivity contribution in [2.75, 3.05) is 20.0 Å². The maximum atomic E-state index is 11.6. The molecule has 0 aromatic heterocycles. The third-order valence-electron chi connectivity index (χ3n) is 3.10. The van der Waals surface area contributed by atoms with Crippen LogP contribution >= 0.6 is 0 Å². The van der Waals surface area contributed by atoms with Crippen LogP contribution in [0.4, 0.5) is 0 Å². The van der Waals surface area contributed by atoms with Gasteiger partial charge in [-0.05, 0) is 0 Å². The second kappa shape index (κ2) is 3.59. The van der Waals surface area contributed by atoms with Crippen molar-refractivity contribution in [1.29, 1.82) is 0 Å². The van der Waals surface area contributed by atoms with Gasteiger partial charge in [-0.15, -0.1) is 0 Å². The van der Waals surface area contributed by atoms with Crippen molar-refractivity contribution < 1.29 is 23.3 Å². The highest BCUT2D eigenvalue weighted by molar-refractivity contribution is 7.86. The van der Waals surface area contributed by atoms with Crippen molar-refractivity contribution in [3.8, 4) is 0 Å². The average molecular weight is 232 g/mol. The molecule has 0 radical (unpaired) electrons. The molecule has 15 heavy (non-hydrogen) atoms. The van der Waals surface area contributed by atoms with Crippen LogP contribution < -0.4 is 0 Å². The Morgan fingerprint density at radius 3 is 2.33 bits per heavy atom. The molecular weight excluding hydrogens is 220 g/mol. The minimum absolute atomic E-state index is 0.134. The third-order valence-corrected chi connectivity index (χ3v) is 5.00. The summed E-state index contributed by atoms with van der Waals surface area (Å²) in [6, 6.07) is 0. The average Bonchev–Trinajstić information content (AvgIpc) is 2.90. The Morgan fingerprint density at radius 2 is 1.80 bits per heavy atom. The number of fused-ring (bicyclic) bond motifs is 1. The molecule has 5 nitrogen and oxygen atoms in total. The van der Waals surface area contributed by atoms with Crippen molar-refractivity contribution in [3.63, 3.8) is 0 Å². The molecule has 1 heterocycles. The summed E-state index contributed by atoms with van der Waals surface area (Å²) in [5.41, 5.74) is 0. The predicted octanol–water partition coefficient (Wildman–Crippen LogP) is -0.674. The maximum Gasteiger partial charge on any atom is 0.310 e. The van der Waals surface area contributed by atoms with Crippen molar-refractivity contribution >= 4 is 22.7 Å². The highest BCUT2D eigenvalue weighted by atomic mass is 32.2. The Balaban J connectivity index is 2.11. The van der Waals surface area contributed by atoms with E-state index in [9.17, 15) is 13.8 Å². The van der Waals surface area contributed by atoms with E-state index in [1.165, 1.54) is 14.2 Å². The predicted molar refractivity (Wildman–Crippen MR) is 51.3 cm³/mol. The zero-order valence-electron chi connectivity index (χ0n) is 8.47. The Hall–Kier alpha value is -0.910. The minimum atomic E-state index is -1.10. The second-order valence-corrected chi connectivity index (χ2v) is 5.41. The summed E-state index contributed by atoms with van der Waals surface area (Å²) in [4.78, 5) is 22.6. The first-order chi connectivity index (χ1) is 7.11. The smallest absolute Gasteiger partial charge is 0.310 e. The summed E-state index contributed by atoms with van der Waals surface area (Å²) in [5.74, 6) is -1.33. The quantitative estimate of drug-likeness (QED) is 0.590. The number of hydrogen-bond acceptors (Lipinski definition) is 5. The van der Waals surface area contributed by atoms with E-state index >= 15 is 0 Å². The Bertz CT molecular complexity index is 339. The standard InChI is InChI=1S/C9H12O5S/c1-13-8(10)4-3-15(12)7-5(4)6(7)9(11)14-2/h4-7H,3H2,1-2H3. The Labute approximate surface area is 89.6 Å². The molecule has 0 spiro atoms. The van der Waals surface area contributed by atoms with Crippen LogP contribution in [0.5, 0.6) is 0 Å². The largest absolute Gasteiger partial charge is 0.469 e. The summed E-state index contributed by atoms with van der Waals surface area (Å²) in [7, 11) is 1.50. The lowest BCUT2D eigenvalue weighted by molar-refractivity contribution is -0.146.